The van der Waals surface area contributed by atoms with Crippen LogP contribution in [0.4, 0.5) is 0 Å². The van der Waals surface area contributed by atoms with Crippen molar-refractivity contribution < 1.29 is 9.53 Å². The fourth-order valence-electron chi connectivity index (χ4n) is 2.89. The highest BCUT2D eigenvalue weighted by Crippen LogP contribution is 2.35. The number of para-hydroxylation sites is 1. The monoisotopic (exact) mass is 260 g/mol. The molecular formula is C15H20N2O2. The maximum absolute atomic E-state index is 12.6. The Morgan fingerprint density at radius 3 is 3.00 bits per heavy atom. The van der Waals surface area contributed by atoms with E-state index in [4.69, 9.17) is 10.5 Å². The van der Waals surface area contributed by atoms with Gasteiger partial charge in [0.25, 0.3) is 0 Å². The van der Waals surface area contributed by atoms with Crippen LogP contribution in [0.3, 0.4) is 0 Å². The quantitative estimate of drug-likeness (QED) is 0.829. The molecular weight excluding hydrogens is 240 g/mol. The predicted molar refractivity (Wildman–Crippen MR) is 73.0 cm³/mol. The molecule has 3 unspecified atom stereocenters. The van der Waals surface area contributed by atoms with Crippen LogP contribution in [0.2, 0.25) is 0 Å². The standard InChI is InChI=1S/C15H20N2O2/c1-10-6-7-17(8-13(10)16)15(18)12-9-19-14-5-3-2-4-11(12)14/h2-5,10,12-13H,6-9,16H2,1H3. The predicted octanol–water partition coefficient (Wildman–Crippen LogP) is 1.36. The lowest BCUT2D eigenvalue weighted by Gasteiger charge is -2.36. The molecule has 3 atom stereocenters. The number of hydrogen-bond donors (Lipinski definition) is 1. The summed E-state index contributed by atoms with van der Waals surface area (Å²) in [4.78, 5) is 14.5. The van der Waals surface area contributed by atoms with Gasteiger partial charge in [0.15, 0.2) is 0 Å². The number of rotatable bonds is 1. The topological polar surface area (TPSA) is 55.6 Å². The molecule has 1 aromatic carbocycles. The first-order chi connectivity index (χ1) is 9.16. The molecule has 1 saturated heterocycles. The number of likely N-dealkylation sites (tertiary alicyclic amines) is 1. The molecule has 0 saturated carbocycles. The van der Waals surface area contributed by atoms with E-state index in [9.17, 15) is 4.79 Å². The normalized spacial score (nSPS) is 29.8. The van der Waals surface area contributed by atoms with Crippen LogP contribution in [-0.2, 0) is 4.79 Å². The molecule has 4 heteroatoms. The molecule has 1 fully saturated rings. The minimum absolute atomic E-state index is 0.0928. The molecule has 0 bridgehead atoms. The van der Waals surface area contributed by atoms with Crippen molar-refractivity contribution in [3.8, 4) is 5.75 Å². The average Bonchev–Trinajstić information content (AvgIpc) is 2.85. The maximum Gasteiger partial charge on any atom is 0.233 e. The Morgan fingerprint density at radius 2 is 2.21 bits per heavy atom. The van der Waals surface area contributed by atoms with Crippen LogP contribution < -0.4 is 10.5 Å². The molecule has 19 heavy (non-hydrogen) atoms. The third kappa shape index (κ3) is 2.21. The van der Waals surface area contributed by atoms with Gasteiger partial charge in [-0.15, -0.1) is 0 Å². The van der Waals surface area contributed by atoms with Crippen molar-refractivity contribution in [2.45, 2.75) is 25.3 Å². The Labute approximate surface area is 113 Å². The van der Waals surface area contributed by atoms with Gasteiger partial charge in [0.1, 0.15) is 18.3 Å². The number of fused-ring (bicyclic) bond motifs is 1. The van der Waals surface area contributed by atoms with Gasteiger partial charge in [-0.1, -0.05) is 25.1 Å². The zero-order valence-electron chi connectivity index (χ0n) is 11.2. The van der Waals surface area contributed by atoms with E-state index < -0.39 is 0 Å². The zero-order valence-corrected chi connectivity index (χ0v) is 11.2. The fourth-order valence-corrected chi connectivity index (χ4v) is 2.89. The van der Waals surface area contributed by atoms with Gasteiger partial charge in [0.2, 0.25) is 5.91 Å². The molecule has 0 aromatic heterocycles. The first-order valence-corrected chi connectivity index (χ1v) is 6.93. The minimum atomic E-state index is -0.156. The molecule has 0 radical (unpaired) electrons. The molecule has 4 nitrogen and oxygen atoms in total. The summed E-state index contributed by atoms with van der Waals surface area (Å²) in [5, 5.41) is 0. The molecule has 3 rings (SSSR count). The second-order valence-electron chi connectivity index (χ2n) is 5.62. The van der Waals surface area contributed by atoms with E-state index >= 15 is 0 Å². The SMILES string of the molecule is CC1CCN(C(=O)C2COc3ccccc32)CC1N. The van der Waals surface area contributed by atoms with Crippen molar-refractivity contribution in [3.63, 3.8) is 0 Å². The minimum Gasteiger partial charge on any atom is -0.492 e. The lowest BCUT2D eigenvalue weighted by atomic mass is 9.92. The van der Waals surface area contributed by atoms with Crippen LogP contribution in [0.1, 0.15) is 24.8 Å². The Hall–Kier alpha value is -1.55. The second kappa shape index (κ2) is 4.85. The number of hydrogen-bond acceptors (Lipinski definition) is 3. The number of nitrogens with zero attached hydrogens (tertiary/aromatic N) is 1. The van der Waals surface area contributed by atoms with Crippen LogP contribution in [0.15, 0.2) is 24.3 Å². The van der Waals surface area contributed by atoms with Gasteiger partial charge in [-0.2, -0.15) is 0 Å². The van der Waals surface area contributed by atoms with E-state index in [0.29, 0.717) is 19.1 Å². The summed E-state index contributed by atoms with van der Waals surface area (Å²) in [6.07, 6.45) is 0.988. The fraction of sp³-hybridized carbons (Fsp3) is 0.533. The summed E-state index contributed by atoms with van der Waals surface area (Å²) >= 11 is 0. The van der Waals surface area contributed by atoms with Crippen molar-refractivity contribution in [2.75, 3.05) is 19.7 Å². The van der Waals surface area contributed by atoms with Crippen LogP contribution in [0, 0.1) is 5.92 Å². The molecule has 1 amide bonds. The van der Waals surface area contributed by atoms with Gasteiger partial charge in [-0.05, 0) is 18.4 Å². The van der Waals surface area contributed by atoms with Crippen LogP contribution in [0.5, 0.6) is 5.75 Å². The van der Waals surface area contributed by atoms with Gasteiger partial charge in [0, 0.05) is 24.7 Å². The molecule has 1 aromatic rings. The van der Waals surface area contributed by atoms with Gasteiger partial charge < -0.3 is 15.4 Å². The van der Waals surface area contributed by atoms with Gasteiger partial charge >= 0.3 is 0 Å². The van der Waals surface area contributed by atoms with Crippen molar-refractivity contribution in [3.05, 3.63) is 29.8 Å². The van der Waals surface area contributed by atoms with Crippen molar-refractivity contribution in [2.24, 2.45) is 11.7 Å². The van der Waals surface area contributed by atoms with Gasteiger partial charge in [0.05, 0.1) is 0 Å². The third-order valence-electron chi connectivity index (χ3n) is 4.33. The molecule has 2 aliphatic heterocycles. The van der Waals surface area contributed by atoms with Crippen LogP contribution in [-0.4, -0.2) is 36.5 Å². The first-order valence-electron chi connectivity index (χ1n) is 6.93. The van der Waals surface area contributed by atoms with Crippen molar-refractivity contribution in [1.29, 1.82) is 0 Å². The highest BCUT2D eigenvalue weighted by atomic mass is 16.5. The molecule has 0 aliphatic carbocycles. The Bertz CT molecular complexity index is 489. The van der Waals surface area contributed by atoms with Crippen LogP contribution in [0.25, 0.3) is 0 Å². The average molecular weight is 260 g/mol. The molecule has 2 N–H and O–H groups in total. The maximum atomic E-state index is 12.6. The van der Waals surface area contributed by atoms with Crippen molar-refractivity contribution >= 4 is 5.91 Å². The number of carbonyl (C=O) groups excluding carboxylic acids is 1. The highest BCUT2D eigenvalue weighted by Gasteiger charge is 2.35. The number of amides is 1. The molecule has 2 heterocycles. The van der Waals surface area contributed by atoms with E-state index in [0.717, 1.165) is 24.3 Å². The summed E-state index contributed by atoms with van der Waals surface area (Å²) in [5.74, 6) is 1.34. The summed E-state index contributed by atoms with van der Waals surface area (Å²) < 4.78 is 5.59. The Balaban J connectivity index is 1.75. The van der Waals surface area contributed by atoms with Crippen LogP contribution >= 0.6 is 0 Å². The van der Waals surface area contributed by atoms with E-state index in [1.165, 1.54) is 0 Å². The van der Waals surface area contributed by atoms with Gasteiger partial charge in [-0.3, -0.25) is 4.79 Å². The van der Waals surface area contributed by atoms with E-state index in [1.54, 1.807) is 0 Å². The molecule has 0 spiro atoms. The summed E-state index contributed by atoms with van der Waals surface area (Å²) in [6.45, 7) is 4.09. The number of nitrogens with two attached hydrogens (primary N) is 1. The highest BCUT2D eigenvalue weighted by molar-refractivity contribution is 5.85. The Kier molecular flexibility index (Phi) is 3.19. The summed E-state index contributed by atoms with van der Waals surface area (Å²) in [6, 6.07) is 7.89. The Morgan fingerprint density at radius 1 is 1.42 bits per heavy atom. The largest absolute Gasteiger partial charge is 0.492 e. The summed E-state index contributed by atoms with van der Waals surface area (Å²) in [5.41, 5.74) is 7.09. The van der Waals surface area contributed by atoms with E-state index in [2.05, 4.69) is 6.92 Å². The number of ether oxygens (including phenoxy) is 1. The third-order valence-corrected chi connectivity index (χ3v) is 4.33. The van der Waals surface area contributed by atoms with Gasteiger partial charge in [-0.25, -0.2) is 0 Å². The molecule has 102 valence electrons. The lowest BCUT2D eigenvalue weighted by Crippen LogP contribution is -2.51. The zero-order chi connectivity index (χ0) is 13.4. The molecule has 2 aliphatic rings. The number of carbonyl (C=O) groups is 1. The lowest BCUT2D eigenvalue weighted by molar-refractivity contribution is -0.134. The van der Waals surface area contributed by atoms with Crippen molar-refractivity contribution in [1.82, 2.24) is 4.90 Å². The number of benzene rings is 1. The first kappa shape index (κ1) is 12.5. The van der Waals surface area contributed by atoms with E-state index in [-0.39, 0.29) is 17.9 Å². The smallest absolute Gasteiger partial charge is 0.233 e. The second-order valence-corrected chi connectivity index (χ2v) is 5.62. The number of piperidine rings is 1. The summed E-state index contributed by atoms with van der Waals surface area (Å²) in [7, 11) is 0. The van der Waals surface area contributed by atoms with E-state index in [1.807, 2.05) is 29.2 Å².